The lowest BCUT2D eigenvalue weighted by Gasteiger charge is -2.22. The van der Waals surface area contributed by atoms with Crippen molar-refractivity contribution in [3.63, 3.8) is 0 Å². The van der Waals surface area contributed by atoms with Crippen molar-refractivity contribution in [2.45, 2.75) is 39.0 Å². The van der Waals surface area contributed by atoms with E-state index in [1.807, 2.05) is 13.1 Å². The first-order chi connectivity index (χ1) is 8.19. The molecule has 1 rings (SSSR count). The van der Waals surface area contributed by atoms with Crippen molar-refractivity contribution in [3.8, 4) is 0 Å². The molecular weight excluding hydrogens is 218 g/mol. The zero-order valence-corrected chi connectivity index (χ0v) is 11.1. The average molecular weight is 241 g/mol. The molecule has 1 atom stereocenters. The summed E-state index contributed by atoms with van der Waals surface area (Å²) in [6, 6.07) is 0.190. The van der Waals surface area contributed by atoms with Crippen LogP contribution in [-0.2, 0) is 15.9 Å². The number of aromatic amines is 1. The van der Waals surface area contributed by atoms with Crippen molar-refractivity contribution in [1.29, 1.82) is 0 Å². The Morgan fingerprint density at radius 1 is 1.41 bits per heavy atom. The van der Waals surface area contributed by atoms with Crippen LogP contribution in [0.4, 0.5) is 0 Å². The van der Waals surface area contributed by atoms with Crippen LogP contribution >= 0.6 is 0 Å². The average Bonchev–Trinajstić information content (AvgIpc) is 2.72. The fourth-order valence-corrected chi connectivity index (χ4v) is 1.84. The van der Waals surface area contributed by atoms with Crippen molar-refractivity contribution in [2.24, 2.45) is 0 Å². The molecule has 0 radical (unpaired) electrons. The summed E-state index contributed by atoms with van der Waals surface area (Å²) in [6.07, 6.45) is 3.81. The van der Waals surface area contributed by atoms with Gasteiger partial charge in [0, 0.05) is 19.9 Å². The van der Waals surface area contributed by atoms with Crippen LogP contribution in [0.1, 0.15) is 24.6 Å². The lowest BCUT2D eigenvalue weighted by molar-refractivity contribution is -0.119. The van der Waals surface area contributed by atoms with Gasteiger partial charge in [-0.25, -0.2) is 0 Å². The number of aromatic nitrogens is 2. The Labute approximate surface area is 103 Å². The number of aryl methyl sites for hydroxylation is 2. The lowest BCUT2D eigenvalue weighted by Crippen LogP contribution is -2.40. The summed E-state index contributed by atoms with van der Waals surface area (Å²) in [5.74, 6) is 0. The fourth-order valence-electron chi connectivity index (χ4n) is 1.84. The minimum Gasteiger partial charge on any atom is -0.354 e. The van der Waals surface area contributed by atoms with Gasteiger partial charge < -0.3 is 14.8 Å². The Hall–Kier alpha value is -0.910. The maximum absolute atomic E-state index is 5.18. The van der Waals surface area contributed by atoms with Crippen LogP contribution in [0.2, 0.25) is 0 Å². The number of nitrogens with one attached hydrogen (secondary N) is 2. The van der Waals surface area contributed by atoms with Gasteiger partial charge in [0.1, 0.15) is 0 Å². The summed E-state index contributed by atoms with van der Waals surface area (Å²) in [5, 5.41) is 10.3. The molecule has 0 aliphatic rings. The van der Waals surface area contributed by atoms with Crippen molar-refractivity contribution in [3.05, 3.63) is 17.5 Å². The number of rotatable bonds is 8. The van der Waals surface area contributed by atoms with Gasteiger partial charge in [0.25, 0.3) is 0 Å². The molecule has 5 heteroatoms. The number of hydrogen-bond acceptors (Lipinski definition) is 4. The van der Waals surface area contributed by atoms with Crippen molar-refractivity contribution < 1.29 is 9.47 Å². The molecule has 17 heavy (non-hydrogen) atoms. The van der Waals surface area contributed by atoms with Gasteiger partial charge in [0.2, 0.25) is 0 Å². The van der Waals surface area contributed by atoms with Gasteiger partial charge in [-0.3, -0.25) is 5.10 Å². The smallest absolute Gasteiger partial charge is 0.171 e. The summed E-state index contributed by atoms with van der Waals surface area (Å²) in [7, 11) is 3.31. The van der Waals surface area contributed by atoms with Crippen LogP contribution in [0.3, 0.4) is 0 Å². The van der Waals surface area contributed by atoms with E-state index >= 15 is 0 Å². The van der Waals surface area contributed by atoms with Gasteiger partial charge >= 0.3 is 0 Å². The lowest BCUT2D eigenvalue weighted by atomic mass is 10.1. The SMILES string of the molecule is COC(OC)C(C)NCCCc1cn[nH]c1C. The Balaban J connectivity index is 2.18. The van der Waals surface area contributed by atoms with E-state index < -0.39 is 0 Å². The van der Waals surface area contributed by atoms with Crippen molar-refractivity contribution in [2.75, 3.05) is 20.8 Å². The minimum absolute atomic E-state index is 0.189. The number of ether oxygens (including phenoxy) is 2. The normalized spacial score (nSPS) is 13.2. The fraction of sp³-hybridized carbons (Fsp3) is 0.750. The summed E-state index contributed by atoms with van der Waals surface area (Å²) in [5.41, 5.74) is 2.44. The number of methoxy groups -OCH3 is 2. The van der Waals surface area contributed by atoms with Crippen molar-refractivity contribution in [1.82, 2.24) is 15.5 Å². The molecule has 0 aliphatic heterocycles. The highest BCUT2D eigenvalue weighted by Crippen LogP contribution is 2.05. The molecule has 0 saturated carbocycles. The first-order valence-electron chi connectivity index (χ1n) is 5.96. The third-order valence-electron chi connectivity index (χ3n) is 2.90. The number of nitrogens with zero attached hydrogens (tertiary/aromatic N) is 1. The van der Waals surface area contributed by atoms with E-state index in [2.05, 4.69) is 22.4 Å². The quantitative estimate of drug-likeness (QED) is 0.531. The summed E-state index contributed by atoms with van der Waals surface area (Å²) in [6.45, 7) is 5.04. The standard InChI is InChI=1S/C12H23N3O2/c1-9-11(8-14-15-9)6-5-7-13-10(2)12(16-3)17-4/h8,10,12-13H,5-7H2,1-4H3,(H,14,15). The highest BCUT2D eigenvalue weighted by atomic mass is 16.7. The third kappa shape index (κ3) is 4.46. The second-order valence-corrected chi connectivity index (χ2v) is 4.21. The molecule has 0 bridgehead atoms. The summed E-state index contributed by atoms with van der Waals surface area (Å²) < 4.78 is 10.4. The molecule has 1 aromatic rings. The molecule has 0 amide bonds. The van der Waals surface area contributed by atoms with Gasteiger partial charge in [0.15, 0.2) is 6.29 Å². The summed E-state index contributed by atoms with van der Waals surface area (Å²) >= 11 is 0. The van der Waals surface area contributed by atoms with E-state index in [1.54, 1.807) is 14.2 Å². The predicted molar refractivity (Wildman–Crippen MR) is 66.9 cm³/mol. The monoisotopic (exact) mass is 241 g/mol. The molecule has 98 valence electrons. The van der Waals surface area contributed by atoms with Crippen molar-refractivity contribution >= 4 is 0 Å². The molecule has 1 aromatic heterocycles. The predicted octanol–water partition coefficient (Wildman–Crippen LogP) is 1.25. The summed E-state index contributed by atoms with van der Waals surface area (Å²) in [4.78, 5) is 0. The first-order valence-corrected chi connectivity index (χ1v) is 5.96. The van der Waals surface area contributed by atoms with Crippen LogP contribution in [0.5, 0.6) is 0 Å². The maximum Gasteiger partial charge on any atom is 0.171 e. The van der Waals surface area contributed by atoms with Crippen LogP contribution < -0.4 is 5.32 Å². The van der Waals surface area contributed by atoms with Gasteiger partial charge in [-0.1, -0.05) is 0 Å². The second kappa shape index (κ2) is 7.42. The Bertz CT molecular complexity index is 310. The van der Waals surface area contributed by atoms with E-state index in [4.69, 9.17) is 9.47 Å². The number of hydrogen-bond donors (Lipinski definition) is 2. The molecule has 0 fully saturated rings. The highest BCUT2D eigenvalue weighted by molar-refractivity contribution is 5.14. The van der Waals surface area contributed by atoms with E-state index in [9.17, 15) is 0 Å². The Morgan fingerprint density at radius 3 is 2.65 bits per heavy atom. The Kier molecular flexibility index (Phi) is 6.18. The van der Waals surface area contributed by atoms with E-state index in [0.717, 1.165) is 25.1 Å². The van der Waals surface area contributed by atoms with Gasteiger partial charge in [0.05, 0.1) is 12.2 Å². The first kappa shape index (κ1) is 14.2. The second-order valence-electron chi connectivity index (χ2n) is 4.21. The molecule has 0 aromatic carbocycles. The molecule has 0 aliphatic carbocycles. The van der Waals surface area contributed by atoms with Gasteiger partial charge in [-0.2, -0.15) is 5.10 Å². The Morgan fingerprint density at radius 2 is 2.12 bits per heavy atom. The number of H-pyrrole nitrogens is 1. The third-order valence-corrected chi connectivity index (χ3v) is 2.90. The van der Waals surface area contributed by atoms with Crippen LogP contribution in [0.25, 0.3) is 0 Å². The van der Waals surface area contributed by atoms with Gasteiger partial charge in [-0.15, -0.1) is 0 Å². The van der Waals surface area contributed by atoms with Crippen LogP contribution in [0, 0.1) is 6.92 Å². The maximum atomic E-state index is 5.18. The molecule has 0 spiro atoms. The largest absolute Gasteiger partial charge is 0.354 e. The molecule has 1 unspecified atom stereocenters. The molecular formula is C12H23N3O2. The van der Waals surface area contributed by atoms with E-state index in [1.165, 1.54) is 5.56 Å². The van der Waals surface area contributed by atoms with Crippen LogP contribution in [-0.4, -0.2) is 43.3 Å². The molecule has 2 N–H and O–H groups in total. The van der Waals surface area contributed by atoms with Gasteiger partial charge in [-0.05, 0) is 38.8 Å². The minimum atomic E-state index is -0.189. The topological polar surface area (TPSA) is 59.2 Å². The molecule has 0 saturated heterocycles. The highest BCUT2D eigenvalue weighted by Gasteiger charge is 2.14. The van der Waals surface area contributed by atoms with E-state index in [-0.39, 0.29) is 12.3 Å². The van der Waals surface area contributed by atoms with Crippen LogP contribution in [0.15, 0.2) is 6.20 Å². The zero-order chi connectivity index (χ0) is 12.7. The zero-order valence-electron chi connectivity index (χ0n) is 11.1. The molecule has 1 heterocycles. The van der Waals surface area contributed by atoms with E-state index in [0.29, 0.717) is 0 Å². The molecule has 5 nitrogen and oxygen atoms in total.